The molecule has 15 heavy (non-hydrogen) atoms. The molecule has 0 aliphatic heterocycles. The Kier molecular flexibility index (Phi) is 4.27. The van der Waals surface area contributed by atoms with Gasteiger partial charge in [0.1, 0.15) is 0 Å². The summed E-state index contributed by atoms with van der Waals surface area (Å²) in [7, 11) is 0. The number of aromatic nitrogens is 3. The molecule has 0 amide bonds. The largest absolute Gasteiger partial charge is 0.391 e. The maximum Gasteiger partial charge on any atom is 0.0829 e. The summed E-state index contributed by atoms with van der Waals surface area (Å²) in [4.78, 5) is 0. The topological polar surface area (TPSA) is 50.9 Å². The molecule has 0 aromatic carbocycles. The van der Waals surface area contributed by atoms with Crippen molar-refractivity contribution in [3.8, 4) is 0 Å². The van der Waals surface area contributed by atoms with Crippen molar-refractivity contribution in [2.45, 2.75) is 46.8 Å². The lowest BCUT2D eigenvalue weighted by Gasteiger charge is -2.13. The zero-order valence-electron chi connectivity index (χ0n) is 10.0. The molecular weight excluding hydrogens is 190 g/mol. The summed E-state index contributed by atoms with van der Waals surface area (Å²) in [5, 5.41) is 17.8. The maximum absolute atomic E-state index is 9.68. The van der Waals surface area contributed by atoms with Crippen molar-refractivity contribution < 1.29 is 5.11 Å². The molecule has 0 spiro atoms. The molecule has 4 heteroatoms. The summed E-state index contributed by atoms with van der Waals surface area (Å²) < 4.78 is 1.72. The van der Waals surface area contributed by atoms with Crippen LogP contribution in [0.3, 0.4) is 0 Å². The van der Waals surface area contributed by atoms with E-state index in [0.29, 0.717) is 12.5 Å². The van der Waals surface area contributed by atoms with E-state index in [4.69, 9.17) is 0 Å². The molecule has 0 radical (unpaired) electrons. The number of hydrogen-bond acceptors (Lipinski definition) is 3. The highest BCUT2D eigenvalue weighted by molar-refractivity contribution is 4.93. The Bertz CT molecular complexity index is 294. The molecule has 1 N–H and O–H groups in total. The molecule has 0 saturated carbocycles. The Morgan fingerprint density at radius 1 is 1.33 bits per heavy atom. The summed E-state index contributed by atoms with van der Waals surface area (Å²) in [5.41, 5.74) is 1.00. The lowest BCUT2D eigenvalue weighted by Crippen LogP contribution is -2.22. The first-order chi connectivity index (χ1) is 6.99. The van der Waals surface area contributed by atoms with Crippen LogP contribution >= 0.6 is 0 Å². The predicted octanol–water partition coefficient (Wildman–Crippen LogP) is 1.49. The first-order valence-electron chi connectivity index (χ1n) is 5.56. The molecular formula is C11H21N3O. The van der Waals surface area contributed by atoms with Crippen LogP contribution in [0.1, 0.15) is 33.4 Å². The summed E-state index contributed by atoms with van der Waals surface area (Å²) in [6.45, 7) is 8.83. The van der Waals surface area contributed by atoms with Gasteiger partial charge in [-0.3, -0.25) is 0 Å². The standard InChI is InChI=1S/C11H21N3O/c1-8(2)5-10-6-14(13-12-10)7-11(15)9(3)4/h6,8-9,11,15H,5,7H2,1-4H3. The molecule has 0 fully saturated rings. The van der Waals surface area contributed by atoms with Gasteiger partial charge in [-0.2, -0.15) is 0 Å². The van der Waals surface area contributed by atoms with Crippen molar-refractivity contribution in [1.82, 2.24) is 15.0 Å². The van der Waals surface area contributed by atoms with Crippen LogP contribution in [0.5, 0.6) is 0 Å². The lowest BCUT2D eigenvalue weighted by molar-refractivity contribution is 0.102. The first kappa shape index (κ1) is 12.2. The van der Waals surface area contributed by atoms with Crippen molar-refractivity contribution >= 4 is 0 Å². The molecule has 1 atom stereocenters. The molecule has 4 nitrogen and oxygen atoms in total. The number of aliphatic hydroxyl groups is 1. The molecule has 0 bridgehead atoms. The van der Waals surface area contributed by atoms with E-state index < -0.39 is 0 Å². The summed E-state index contributed by atoms with van der Waals surface area (Å²) in [6, 6.07) is 0. The van der Waals surface area contributed by atoms with Gasteiger partial charge in [0.15, 0.2) is 0 Å². The fourth-order valence-corrected chi connectivity index (χ4v) is 1.34. The number of rotatable bonds is 5. The predicted molar refractivity (Wildman–Crippen MR) is 59.4 cm³/mol. The number of hydrogen-bond donors (Lipinski definition) is 1. The van der Waals surface area contributed by atoms with Crippen molar-refractivity contribution in [2.75, 3.05) is 0 Å². The van der Waals surface area contributed by atoms with E-state index >= 15 is 0 Å². The van der Waals surface area contributed by atoms with Gasteiger partial charge in [-0.1, -0.05) is 32.9 Å². The number of nitrogens with zero attached hydrogens (tertiary/aromatic N) is 3. The highest BCUT2D eigenvalue weighted by atomic mass is 16.3. The smallest absolute Gasteiger partial charge is 0.0829 e. The van der Waals surface area contributed by atoms with E-state index in [9.17, 15) is 5.11 Å². The van der Waals surface area contributed by atoms with Crippen LogP contribution in [0.2, 0.25) is 0 Å². The zero-order chi connectivity index (χ0) is 11.4. The Balaban J connectivity index is 2.53. The van der Waals surface area contributed by atoms with E-state index in [1.165, 1.54) is 0 Å². The summed E-state index contributed by atoms with van der Waals surface area (Å²) in [6.07, 6.45) is 2.52. The maximum atomic E-state index is 9.68. The molecule has 1 aromatic heterocycles. The van der Waals surface area contributed by atoms with Gasteiger partial charge in [0.05, 0.1) is 18.3 Å². The van der Waals surface area contributed by atoms with E-state index in [0.717, 1.165) is 12.1 Å². The minimum Gasteiger partial charge on any atom is -0.391 e. The third-order valence-electron chi connectivity index (χ3n) is 2.35. The highest BCUT2D eigenvalue weighted by Crippen LogP contribution is 2.06. The van der Waals surface area contributed by atoms with Gasteiger partial charge in [0.25, 0.3) is 0 Å². The second-order valence-electron chi connectivity index (χ2n) is 4.84. The molecule has 0 saturated heterocycles. The van der Waals surface area contributed by atoms with E-state index in [-0.39, 0.29) is 12.0 Å². The molecule has 0 aliphatic carbocycles. The lowest BCUT2D eigenvalue weighted by atomic mass is 10.1. The van der Waals surface area contributed by atoms with Crippen molar-refractivity contribution in [3.05, 3.63) is 11.9 Å². The Morgan fingerprint density at radius 2 is 2.00 bits per heavy atom. The Hall–Kier alpha value is -0.900. The quantitative estimate of drug-likeness (QED) is 0.803. The van der Waals surface area contributed by atoms with Crippen LogP contribution < -0.4 is 0 Å². The van der Waals surface area contributed by atoms with Gasteiger partial charge >= 0.3 is 0 Å². The number of aliphatic hydroxyl groups excluding tert-OH is 1. The summed E-state index contributed by atoms with van der Waals surface area (Å²) >= 11 is 0. The molecule has 86 valence electrons. The second kappa shape index (κ2) is 5.26. The minimum absolute atomic E-state index is 0.253. The van der Waals surface area contributed by atoms with Gasteiger partial charge in [-0.05, 0) is 18.3 Å². The van der Waals surface area contributed by atoms with Crippen molar-refractivity contribution in [1.29, 1.82) is 0 Å². The van der Waals surface area contributed by atoms with Crippen LogP contribution in [-0.4, -0.2) is 26.2 Å². The van der Waals surface area contributed by atoms with Crippen LogP contribution in [0.15, 0.2) is 6.20 Å². The van der Waals surface area contributed by atoms with E-state index in [2.05, 4.69) is 24.2 Å². The molecule has 1 unspecified atom stereocenters. The monoisotopic (exact) mass is 211 g/mol. The zero-order valence-corrected chi connectivity index (χ0v) is 10.0. The summed E-state index contributed by atoms with van der Waals surface area (Å²) in [5.74, 6) is 0.841. The first-order valence-corrected chi connectivity index (χ1v) is 5.56. The average molecular weight is 211 g/mol. The average Bonchev–Trinajstić information content (AvgIpc) is 2.51. The fraction of sp³-hybridized carbons (Fsp3) is 0.818. The van der Waals surface area contributed by atoms with Crippen LogP contribution in [0.25, 0.3) is 0 Å². The van der Waals surface area contributed by atoms with E-state index in [1.807, 2.05) is 20.0 Å². The van der Waals surface area contributed by atoms with Gasteiger partial charge in [-0.15, -0.1) is 5.10 Å². The van der Waals surface area contributed by atoms with Crippen LogP contribution in [0.4, 0.5) is 0 Å². The third kappa shape index (κ3) is 4.00. The van der Waals surface area contributed by atoms with Crippen LogP contribution in [-0.2, 0) is 13.0 Å². The third-order valence-corrected chi connectivity index (χ3v) is 2.35. The molecule has 1 heterocycles. The van der Waals surface area contributed by atoms with Gasteiger partial charge in [0, 0.05) is 6.20 Å². The van der Waals surface area contributed by atoms with Crippen molar-refractivity contribution in [3.63, 3.8) is 0 Å². The molecule has 0 aliphatic rings. The normalized spacial score (nSPS) is 13.8. The van der Waals surface area contributed by atoms with Gasteiger partial charge in [0.2, 0.25) is 0 Å². The second-order valence-corrected chi connectivity index (χ2v) is 4.84. The van der Waals surface area contributed by atoms with Crippen molar-refractivity contribution in [2.24, 2.45) is 11.8 Å². The fourth-order valence-electron chi connectivity index (χ4n) is 1.34. The minimum atomic E-state index is -0.349. The van der Waals surface area contributed by atoms with E-state index in [1.54, 1.807) is 4.68 Å². The van der Waals surface area contributed by atoms with Gasteiger partial charge in [-0.25, -0.2) is 4.68 Å². The van der Waals surface area contributed by atoms with Crippen LogP contribution in [0, 0.1) is 11.8 Å². The molecule has 1 aromatic rings. The highest BCUT2D eigenvalue weighted by Gasteiger charge is 2.11. The van der Waals surface area contributed by atoms with Gasteiger partial charge < -0.3 is 5.11 Å². The SMILES string of the molecule is CC(C)Cc1cn(CC(O)C(C)C)nn1. The molecule has 1 rings (SSSR count). The Morgan fingerprint density at radius 3 is 2.53 bits per heavy atom. The Labute approximate surface area is 91.3 Å².